The predicted octanol–water partition coefficient (Wildman–Crippen LogP) is 13.0. The van der Waals surface area contributed by atoms with Crippen LogP contribution < -0.4 is 5.32 Å². The summed E-state index contributed by atoms with van der Waals surface area (Å²) >= 11 is 0. The molecule has 1 amide bonds. The molecular formula is C45H88NO8P. The molecule has 2 unspecified atom stereocenters. The van der Waals surface area contributed by atoms with Gasteiger partial charge in [0, 0.05) is 19.4 Å². The molecule has 0 aliphatic heterocycles. The largest absolute Gasteiger partial charge is 0.472 e. The summed E-state index contributed by atoms with van der Waals surface area (Å²) in [5.41, 5.74) is 0. The second-order valence-corrected chi connectivity index (χ2v) is 17.2. The van der Waals surface area contributed by atoms with Gasteiger partial charge in [0.2, 0.25) is 5.91 Å². The molecule has 0 aromatic carbocycles. The predicted molar refractivity (Wildman–Crippen MR) is 229 cm³/mol. The van der Waals surface area contributed by atoms with Crippen LogP contribution in [0.1, 0.15) is 232 Å². The number of nitrogens with one attached hydrogen (secondary N) is 1. The smallest absolute Gasteiger partial charge is 0.463 e. The Balaban J connectivity index is 3.52. The summed E-state index contributed by atoms with van der Waals surface area (Å²) in [7, 11) is -4.41. The first-order valence-electron chi connectivity index (χ1n) is 23.2. The number of amides is 1. The van der Waals surface area contributed by atoms with E-state index in [0.717, 1.165) is 38.5 Å². The van der Waals surface area contributed by atoms with Gasteiger partial charge in [0.1, 0.15) is 12.7 Å². The van der Waals surface area contributed by atoms with E-state index < -0.39 is 26.5 Å². The summed E-state index contributed by atoms with van der Waals surface area (Å²) in [5.74, 6) is -0.508. The molecule has 9 nitrogen and oxygen atoms in total. The Morgan fingerprint density at radius 3 is 1.36 bits per heavy atom. The van der Waals surface area contributed by atoms with Crippen molar-refractivity contribution in [3.8, 4) is 0 Å². The summed E-state index contributed by atoms with van der Waals surface area (Å²) in [5, 5.41) is 12.7. The number of carbonyl (C=O) groups excluding carboxylic acids is 2. The molecule has 0 spiro atoms. The molecular weight excluding hydrogens is 713 g/mol. The first kappa shape index (κ1) is 53.8. The van der Waals surface area contributed by atoms with Gasteiger partial charge < -0.3 is 20.1 Å². The zero-order valence-electron chi connectivity index (χ0n) is 35.9. The van der Waals surface area contributed by atoms with Crippen LogP contribution in [-0.4, -0.2) is 54.3 Å². The van der Waals surface area contributed by atoms with Crippen LogP contribution in [0.3, 0.4) is 0 Å². The van der Waals surface area contributed by atoms with Crippen LogP contribution in [-0.2, 0) is 27.9 Å². The monoisotopic (exact) mass is 802 g/mol. The summed E-state index contributed by atoms with van der Waals surface area (Å²) in [6.07, 6.45) is 44.4. The van der Waals surface area contributed by atoms with Gasteiger partial charge in [0.05, 0.1) is 13.2 Å². The fraction of sp³-hybridized carbons (Fsp3) is 0.911. The van der Waals surface area contributed by atoms with E-state index in [-0.39, 0.29) is 32.1 Å². The minimum atomic E-state index is -4.41. The Labute approximate surface area is 338 Å². The topological polar surface area (TPSA) is 131 Å². The molecule has 10 heteroatoms. The Morgan fingerprint density at radius 1 is 0.545 bits per heavy atom. The first-order chi connectivity index (χ1) is 26.8. The highest BCUT2D eigenvalue weighted by atomic mass is 31.2. The molecule has 0 bridgehead atoms. The van der Waals surface area contributed by atoms with Gasteiger partial charge in [-0.15, -0.1) is 0 Å². The number of carbonyl (C=O) groups is 2. The average molecular weight is 802 g/mol. The maximum Gasteiger partial charge on any atom is 0.472 e. The number of aliphatic hydroxyl groups excluding tert-OH is 1. The second-order valence-electron chi connectivity index (χ2n) is 15.7. The van der Waals surface area contributed by atoms with Gasteiger partial charge in [-0.05, 0) is 38.5 Å². The summed E-state index contributed by atoms with van der Waals surface area (Å²) in [4.78, 5) is 33.9. The number of rotatable bonds is 44. The molecule has 0 heterocycles. The van der Waals surface area contributed by atoms with Gasteiger partial charge in [0.25, 0.3) is 0 Å². The molecule has 0 aliphatic carbocycles. The number of phosphoric acid groups is 1. The van der Waals surface area contributed by atoms with Crippen molar-refractivity contribution in [2.75, 3.05) is 26.4 Å². The van der Waals surface area contributed by atoms with E-state index in [1.165, 1.54) is 167 Å². The molecule has 0 saturated heterocycles. The maximum atomic E-state index is 12.1. The molecule has 0 aromatic heterocycles. The average Bonchev–Trinajstić information content (AvgIpc) is 3.17. The SMILES string of the molecule is CCCCCCCC/C=C/CCCCCCCCCCCCCCCC(=O)OCC(O)COP(=O)(O)OCCNC(=O)CCCCCCCCCCCCC. The van der Waals surface area contributed by atoms with E-state index in [4.69, 9.17) is 13.8 Å². The van der Waals surface area contributed by atoms with Gasteiger partial charge in [-0.3, -0.25) is 18.6 Å². The van der Waals surface area contributed by atoms with E-state index in [0.29, 0.717) is 6.42 Å². The van der Waals surface area contributed by atoms with Crippen LogP contribution in [0.5, 0.6) is 0 Å². The minimum Gasteiger partial charge on any atom is -0.463 e. The van der Waals surface area contributed by atoms with Crippen LogP contribution in [0.2, 0.25) is 0 Å². The summed E-state index contributed by atoms with van der Waals surface area (Å²) in [6.45, 7) is 3.57. The van der Waals surface area contributed by atoms with E-state index in [9.17, 15) is 24.2 Å². The van der Waals surface area contributed by atoms with E-state index in [1.54, 1.807) is 0 Å². The molecule has 0 aliphatic rings. The molecule has 0 aromatic rings. The van der Waals surface area contributed by atoms with Crippen molar-refractivity contribution in [3.63, 3.8) is 0 Å². The fourth-order valence-corrected chi connectivity index (χ4v) is 7.43. The van der Waals surface area contributed by atoms with Crippen LogP contribution in [0.25, 0.3) is 0 Å². The van der Waals surface area contributed by atoms with Crippen LogP contribution in [0, 0.1) is 0 Å². The van der Waals surface area contributed by atoms with Gasteiger partial charge >= 0.3 is 13.8 Å². The number of esters is 1. The minimum absolute atomic E-state index is 0.0864. The van der Waals surface area contributed by atoms with Gasteiger partial charge in [-0.25, -0.2) is 4.57 Å². The number of hydrogen-bond donors (Lipinski definition) is 3. The molecule has 0 fully saturated rings. The quantitative estimate of drug-likeness (QED) is 0.0240. The molecule has 3 N–H and O–H groups in total. The maximum absolute atomic E-state index is 12.1. The third-order valence-electron chi connectivity index (χ3n) is 10.2. The molecule has 326 valence electrons. The van der Waals surface area contributed by atoms with Crippen molar-refractivity contribution in [1.29, 1.82) is 0 Å². The summed E-state index contributed by atoms with van der Waals surface area (Å²) < 4.78 is 26.9. The Bertz CT molecular complexity index is 917. The Morgan fingerprint density at radius 2 is 0.927 bits per heavy atom. The Hall–Kier alpha value is -1.25. The van der Waals surface area contributed by atoms with Crippen LogP contribution in [0.15, 0.2) is 12.2 Å². The highest BCUT2D eigenvalue weighted by Gasteiger charge is 2.23. The summed E-state index contributed by atoms with van der Waals surface area (Å²) in [6, 6.07) is 0. The number of unbranched alkanes of at least 4 members (excludes halogenated alkanes) is 29. The highest BCUT2D eigenvalue weighted by molar-refractivity contribution is 7.47. The number of aliphatic hydroxyl groups is 1. The zero-order chi connectivity index (χ0) is 40.3. The lowest BCUT2D eigenvalue weighted by Gasteiger charge is -2.15. The molecule has 0 saturated carbocycles. The number of phosphoric ester groups is 1. The third-order valence-corrected chi connectivity index (χ3v) is 11.2. The molecule has 2 atom stereocenters. The molecule has 55 heavy (non-hydrogen) atoms. The molecule has 0 radical (unpaired) electrons. The van der Waals surface area contributed by atoms with Gasteiger partial charge in [-0.2, -0.15) is 0 Å². The van der Waals surface area contributed by atoms with Crippen molar-refractivity contribution in [2.45, 2.75) is 238 Å². The lowest BCUT2D eigenvalue weighted by atomic mass is 10.0. The van der Waals surface area contributed by atoms with Gasteiger partial charge in [0.15, 0.2) is 0 Å². The van der Waals surface area contributed by atoms with Crippen molar-refractivity contribution in [2.24, 2.45) is 0 Å². The van der Waals surface area contributed by atoms with Crippen molar-refractivity contribution < 1.29 is 37.9 Å². The van der Waals surface area contributed by atoms with E-state index in [2.05, 4.69) is 31.3 Å². The zero-order valence-corrected chi connectivity index (χ0v) is 36.8. The number of ether oxygens (including phenoxy) is 1. The highest BCUT2D eigenvalue weighted by Crippen LogP contribution is 2.42. The van der Waals surface area contributed by atoms with E-state index >= 15 is 0 Å². The number of hydrogen-bond acceptors (Lipinski definition) is 7. The fourth-order valence-electron chi connectivity index (χ4n) is 6.67. The van der Waals surface area contributed by atoms with Gasteiger partial charge in [-0.1, -0.05) is 193 Å². The Kier molecular flexibility index (Phi) is 41.4. The van der Waals surface area contributed by atoms with Crippen molar-refractivity contribution in [1.82, 2.24) is 5.32 Å². The first-order valence-corrected chi connectivity index (χ1v) is 24.7. The van der Waals surface area contributed by atoms with Crippen LogP contribution in [0.4, 0.5) is 0 Å². The van der Waals surface area contributed by atoms with Crippen molar-refractivity contribution in [3.05, 3.63) is 12.2 Å². The standard InChI is InChI=1S/C45H88NO8P/c1-3-5-7-9-11-13-15-16-17-18-19-20-21-22-23-24-25-26-28-30-32-34-36-38-45(49)52-41-43(47)42-54-55(50,51)53-40-39-46-44(48)37-35-33-31-29-27-14-12-10-8-6-4-2/h16-17,43,47H,3-15,18-42H2,1-2H3,(H,46,48)(H,50,51)/b17-16+. The van der Waals surface area contributed by atoms with Crippen LogP contribution >= 0.6 is 7.82 Å². The van der Waals surface area contributed by atoms with Crippen molar-refractivity contribution >= 4 is 19.7 Å². The van der Waals surface area contributed by atoms with E-state index in [1.807, 2.05) is 0 Å². The third kappa shape index (κ3) is 43.7. The lowest BCUT2D eigenvalue weighted by molar-refractivity contribution is -0.147. The normalized spacial score (nSPS) is 13.3. The lowest BCUT2D eigenvalue weighted by Crippen LogP contribution is -2.27. The molecule has 0 rings (SSSR count). The number of allylic oxidation sites excluding steroid dienone is 2. The second kappa shape index (κ2) is 42.4.